The zero-order valence-corrected chi connectivity index (χ0v) is 8.70. The number of Topliss-reactive ketones (excluding diaryl/α,β-unsaturated/α-hetero) is 1. The first kappa shape index (κ1) is 9.41. The lowest BCUT2D eigenvalue weighted by Gasteiger charge is -2.24. The van der Waals surface area contributed by atoms with Crippen molar-refractivity contribution in [3.05, 3.63) is 35.4 Å². The van der Waals surface area contributed by atoms with Crippen LogP contribution in [0.2, 0.25) is 0 Å². The Morgan fingerprint density at radius 1 is 1.29 bits per heavy atom. The molecule has 14 heavy (non-hydrogen) atoms. The molecule has 0 saturated carbocycles. The predicted octanol–water partition coefficient (Wildman–Crippen LogP) is 2.60. The lowest BCUT2D eigenvalue weighted by molar-refractivity contribution is 0.0202. The molecular formula is C12H14O2. The molecule has 1 aromatic carbocycles. The van der Waals surface area contributed by atoms with Crippen LogP contribution >= 0.6 is 0 Å². The molecule has 0 fully saturated rings. The molecule has 1 aromatic rings. The van der Waals surface area contributed by atoms with Gasteiger partial charge in [0, 0.05) is 12.7 Å². The van der Waals surface area contributed by atoms with Crippen LogP contribution in [0.15, 0.2) is 24.3 Å². The topological polar surface area (TPSA) is 26.3 Å². The highest BCUT2D eigenvalue weighted by Crippen LogP contribution is 2.46. The van der Waals surface area contributed by atoms with Crippen LogP contribution < -0.4 is 0 Å². The first-order chi connectivity index (χ1) is 6.59. The monoisotopic (exact) mass is 190 g/mol. The SMILES string of the molecule is COC1c2ccccc2C(=O)C1(C)C. The molecule has 1 atom stereocenters. The van der Waals surface area contributed by atoms with Crippen molar-refractivity contribution in [3.8, 4) is 0 Å². The van der Waals surface area contributed by atoms with E-state index in [-0.39, 0.29) is 11.9 Å². The number of benzene rings is 1. The van der Waals surface area contributed by atoms with Gasteiger partial charge in [-0.15, -0.1) is 0 Å². The van der Waals surface area contributed by atoms with Gasteiger partial charge in [0.2, 0.25) is 0 Å². The first-order valence-electron chi connectivity index (χ1n) is 4.75. The number of fused-ring (bicyclic) bond motifs is 1. The van der Waals surface area contributed by atoms with E-state index in [1.165, 1.54) is 0 Å². The van der Waals surface area contributed by atoms with Crippen LogP contribution in [0.3, 0.4) is 0 Å². The summed E-state index contributed by atoms with van der Waals surface area (Å²) in [5.74, 6) is 0.181. The fourth-order valence-electron chi connectivity index (χ4n) is 2.21. The summed E-state index contributed by atoms with van der Waals surface area (Å²) in [6, 6.07) is 7.68. The normalized spacial score (nSPS) is 23.6. The van der Waals surface area contributed by atoms with Gasteiger partial charge in [0.05, 0.1) is 11.5 Å². The largest absolute Gasteiger partial charge is 0.376 e. The maximum Gasteiger partial charge on any atom is 0.171 e. The van der Waals surface area contributed by atoms with Crippen LogP contribution in [-0.4, -0.2) is 12.9 Å². The maximum absolute atomic E-state index is 12.0. The first-order valence-corrected chi connectivity index (χ1v) is 4.75. The minimum absolute atomic E-state index is 0.105. The number of hydrogen-bond donors (Lipinski definition) is 0. The highest BCUT2D eigenvalue weighted by atomic mass is 16.5. The van der Waals surface area contributed by atoms with Gasteiger partial charge in [-0.3, -0.25) is 4.79 Å². The Morgan fingerprint density at radius 3 is 2.57 bits per heavy atom. The molecule has 0 aliphatic heterocycles. The van der Waals surface area contributed by atoms with Crippen LogP contribution in [-0.2, 0) is 4.74 Å². The third kappa shape index (κ3) is 1.04. The zero-order valence-electron chi connectivity index (χ0n) is 8.70. The molecule has 2 rings (SSSR count). The molecule has 0 amide bonds. The summed E-state index contributed by atoms with van der Waals surface area (Å²) in [6.07, 6.45) is -0.105. The fraction of sp³-hybridized carbons (Fsp3) is 0.417. The summed E-state index contributed by atoms with van der Waals surface area (Å²) in [6.45, 7) is 3.87. The summed E-state index contributed by atoms with van der Waals surface area (Å²) in [5, 5.41) is 0. The van der Waals surface area contributed by atoms with Crippen LogP contribution in [0.25, 0.3) is 0 Å². The Balaban J connectivity index is 2.61. The van der Waals surface area contributed by atoms with Crippen molar-refractivity contribution in [3.63, 3.8) is 0 Å². The maximum atomic E-state index is 12.0. The number of carbonyl (C=O) groups is 1. The molecule has 74 valence electrons. The molecule has 1 aliphatic carbocycles. The van der Waals surface area contributed by atoms with Gasteiger partial charge in [0.15, 0.2) is 5.78 Å². The summed E-state index contributed by atoms with van der Waals surface area (Å²) in [4.78, 5) is 12.0. The highest BCUT2D eigenvalue weighted by molar-refractivity contribution is 6.05. The lowest BCUT2D eigenvalue weighted by atomic mass is 9.86. The van der Waals surface area contributed by atoms with E-state index in [0.717, 1.165) is 11.1 Å². The van der Waals surface area contributed by atoms with E-state index < -0.39 is 5.41 Å². The average Bonchev–Trinajstić information content (AvgIpc) is 2.36. The van der Waals surface area contributed by atoms with Crippen molar-refractivity contribution in [1.82, 2.24) is 0 Å². The Bertz CT molecular complexity index is 380. The van der Waals surface area contributed by atoms with Crippen LogP contribution in [0.1, 0.15) is 35.9 Å². The molecular weight excluding hydrogens is 176 g/mol. The van der Waals surface area contributed by atoms with Crippen LogP contribution in [0.5, 0.6) is 0 Å². The predicted molar refractivity (Wildman–Crippen MR) is 54.3 cm³/mol. The van der Waals surface area contributed by atoms with Crippen LogP contribution in [0.4, 0.5) is 0 Å². The number of carbonyl (C=O) groups excluding carboxylic acids is 1. The van der Waals surface area contributed by atoms with E-state index in [2.05, 4.69) is 0 Å². The van der Waals surface area contributed by atoms with Gasteiger partial charge >= 0.3 is 0 Å². The van der Waals surface area contributed by atoms with Gasteiger partial charge in [-0.05, 0) is 19.4 Å². The van der Waals surface area contributed by atoms with E-state index in [0.29, 0.717) is 0 Å². The second-order valence-electron chi connectivity index (χ2n) is 4.25. The zero-order chi connectivity index (χ0) is 10.3. The van der Waals surface area contributed by atoms with E-state index in [1.807, 2.05) is 38.1 Å². The summed E-state index contributed by atoms with van der Waals surface area (Å²) < 4.78 is 5.40. The number of hydrogen-bond acceptors (Lipinski definition) is 2. The average molecular weight is 190 g/mol. The van der Waals surface area contributed by atoms with Crippen molar-refractivity contribution in [2.24, 2.45) is 5.41 Å². The minimum atomic E-state index is -0.432. The Kier molecular flexibility index (Phi) is 1.96. The highest BCUT2D eigenvalue weighted by Gasteiger charge is 2.46. The molecule has 0 spiro atoms. The molecule has 1 aliphatic rings. The molecule has 1 unspecified atom stereocenters. The molecule has 0 heterocycles. The molecule has 0 saturated heterocycles. The minimum Gasteiger partial charge on any atom is -0.376 e. The van der Waals surface area contributed by atoms with Crippen molar-refractivity contribution in [2.45, 2.75) is 20.0 Å². The van der Waals surface area contributed by atoms with Gasteiger partial charge in [-0.2, -0.15) is 0 Å². The van der Waals surface area contributed by atoms with Gasteiger partial charge < -0.3 is 4.74 Å². The van der Waals surface area contributed by atoms with E-state index in [9.17, 15) is 4.79 Å². The van der Waals surface area contributed by atoms with Crippen LogP contribution in [0, 0.1) is 5.41 Å². The summed E-state index contributed by atoms with van der Waals surface area (Å²) in [5.41, 5.74) is 1.40. The number of methoxy groups -OCH3 is 1. The fourth-order valence-corrected chi connectivity index (χ4v) is 2.21. The van der Waals surface area contributed by atoms with Gasteiger partial charge in [-0.1, -0.05) is 24.3 Å². The molecule has 0 radical (unpaired) electrons. The van der Waals surface area contributed by atoms with Crippen molar-refractivity contribution >= 4 is 5.78 Å². The molecule has 0 aromatic heterocycles. The second kappa shape index (κ2) is 2.92. The van der Waals surface area contributed by atoms with E-state index in [1.54, 1.807) is 7.11 Å². The third-order valence-corrected chi connectivity index (χ3v) is 2.96. The number of ketones is 1. The van der Waals surface area contributed by atoms with Gasteiger partial charge in [0.1, 0.15) is 0 Å². The van der Waals surface area contributed by atoms with Crippen molar-refractivity contribution in [2.75, 3.05) is 7.11 Å². The smallest absolute Gasteiger partial charge is 0.171 e. The lowest BCUT2D eigenvalue weighted by Crippen LogP contribution is -2.24. The van der Waals surface area contributed by atoms with Crippen molar-refractivity contribution < 1.29 is 9.53 Å². The molecule has 2 nitrogen and oxygen atoms in total. The van der Waals surface area contributed by atoms with Gasteiger partial charge in [-0.25, -0.2) is 0 Å². The molecule has 0 N–H and O–H groups in total. The Hall–Kier alpha value is -1.15. The Morgan fingerprint density at radius 2 is 1.93 bits per heavy atom. The van der Waals surface area contributed by atoms with Crippen molar-refractivity contribution in [1.29, 1.82) is 0 Å². The quantitative estimate of drug-likeness (QED) is 0.680. The van der Waals surface area contributed by atoms with E-state index >= 15 is 0 Å². The number of rotatable bonds is 1. The molecule has 0 bridgehead atoms. The Labute approximate surface area is 83.9 Å². The summed E-state index contributed by atoms with van der Waals surface area (Å²) >= 11 is 0. The van der Waals surface area contributed by atoms with E-state index in [4.69, 9.17) is 4.74 Å². The summed E-state index contributed by atoms with van der Waals surface area (Å²) in [7, 11) is 1.65. The third-order valence-electron chi connectivity index (χ3n) is 2.96. The number of ether oxygens (including phenoxy) is 1. The van der Waals surface area contributed by atoms with Gasteiger partial charge in [0.25, 0.3) is 0 Å². The second-order valence-corrected chi connectivity index (χ2v) is 4.25. The standard InChI is InChI=1S/C12H14O2/c1-12(2)10(13)8-6-4-5-7-9(8)11(12)14-3/h4-7,11H,1-3H3. The molecule has 2 heteroatoms.